The zero-order chi connectivity index (χ0) is 14.7. The van der Waals surface area contributed by atoms with Gasteiger partial charge in [-0.2, -0.15) is 0 Å². The van der Waals surface area contributed by atoms with Gasteiger partial charge in [0.15, 0.2) is 0 Å². The lowest BCUT2D eigenvalue weighted by Gasteiger charge is -2.36. The van der Waals surface area contributed by atoms with Gasteiger partial charge in [0.1, 0.15) is 0 Å². The minimum atomic E-state index is 0.269. The maximum Gasteiger partial charge on any atom is 0.223 e. The first-order valence-electron chi connectivity index (χ1n) is 8.37. The summed E-state index contributed by atoms with van der Waals surface area (Å²) in [5.41, 5.74) is 8.69. The van der Waals surface area contributed by atoms with Gasteiger partial charge in [-0.1, -0.05) is 24.3 Å². The van der Waals surface area contributed by atoms with Gasteiger partial charge in [-0.05, 0) is 55.6 Å². The number of carbonyl (C=O) groups is 1. The lowest BCUT2D eigenvalue weighted by molar-refractivity contribution is -0.135. The highest BCUT2D eigenvalue weighted by Gasteiger charge is 2.29. The van der Waals surface area contributed by atoms with Crippen molar-refractivity contribution in [2.45, 2.75) is 56.9 Å². The van der Waals surface area contributed by atoms with E-state index in [1.165, 1.54) is 24.0 Å². The second-order valence-electron chi connectivity index (χ2n) is 6.46. The van der Waals surface area contributed by atoms with Crippen molar-refractivity contribution < 1.29 is 4.79 Å². The van der Waals surface area contributed by atoms with E-state index in [2.05, 4.69) is 29.2 Å². The smallest absolute Gasteiger partial charge is 0.223 e. The summed E-state index contributed by atoms with van der Waals surface area (Å²) in [6.07, 6.45) is 7.58. The quantitative estimate of drug-likeness (QED) is 0.928. The van der Waals surface area contributed by atoms with E-state index in [1.54, 1.807) is 0 Å². The first-order chi connectivity index (χ1) is 10.3. The molecule has 21 heavy (non-hydrogen) atoms. The Labute approximate surface area is 127 Å². The molecule has 1 aromatic rings. The van der Waals surface area contributed by atoms with Crippen molar-refractivity contribution in [3.05, 3.63) is 35.4 Å². The van der Waals surface area contributed by atoms with Gasteiger partial charge in [-0.25, -0.2) is 0 Å². The molecule has 114 valence electrons. The Balaban J connectivity index is 1.70. The topological polar surface area (TPSA) is 46.3 Å². The summed E-state index contributed by atoms with van der Waals surface area (Å²) in [5.74, 6) is 0.717. The number of likely N-dealkylation sites (tertiary alicyclic amines) is 1. The second-order valence-corrected chi connectivity index (χ2v) is 6.46. The molecule has 1 aliphatic heterocycles. The summed E-state index contributed by atoms with van der Waals surface area (Å²) >= 11 is 0. The molecule has 2 unspecified atom stereocenters. The molecule has 3 nitrogen and oxygen atoms in total. The third kappa shape index (κ3) is 3.13. The van der Waals surface area contributed by atoms with Crippen LogP contribution in [0.2, 0.25) is 0 Å². The van der Waals surface area contributed by atoms with E-state index in [-0.39, 0.29) is 6.04 Å². The van der Waals surface area contributed by atoms with Crippen LogP contribution in [0.4, 0.5) is 0 Å². The fourth-order valence-electron chi connectivity index (χ4n) is 3.97. The molecule has 0 radical (unpaired) electrons. The van der Waals surface area contributed by atoms with Crippen molar-refractivity contribution in [1.82, 2.24) is 4.90 Å². The molecule has 0 saturated carbocycles. The normalized spacial score (nSPS) is 25.5. The van der Waals surface area contributed by atoms with Crippen molar-refractivity contribution in [3.8, 4) is 0 Å². The lowest BCUT2D eigenvalue weighted by Crippen LogP contribution is -2.47. The second kappa shape index (κ2) is 6.61. The van der Waals surface area contributed by atoms with E-state index in [4.69, 9.17) is 5.73 Å². The molecule has 1 heterocycles. The minimum absolute atomic E-state index is 0.269. The van der Waals surface area contributed by atoms with Crippen LogP contribution in [0.3, 0.4) is 0 Å². The summed E-state index contributed by atoms with van der Waals surface area (Å²) < 4.78 is 0. The number of amides is 1. The van der Waals surface area contributed by atoms with Gasteiger partial charge in [-0.3, -0.25) is 4.79 Å². The monoisotopic (exact) mass is 286 g/mol. The number of fused-ring (bicyclic) bond motifs is 1. The molecule has 1 aromatic carbocycles. The van der Waals surface area contributed by atoms with Gasteiger partial charge < -0.3 is 10.6 Å². The number of nitrogens with two attached hydrogens (primary N) is 1. The third-order valence-electron chi connectivity index (χ3n) is 5.13. The van der Waals surface area contributed by atoms with Crippen molar-refractivity contribution in [2.75, 3.05) is 13.1 Å². The first-order valence-corrected chi connectivity index (χ1v) is 8.37. The van der Waals surface area contributed by atoms with E-state index in [9.17, 15) is 4.79 Å². The summed E-state index contributed by atoms with van der Waals surface area (Å²) in [4.78, 5) is 14.8. The summed E-state index contributed by atoms with van der Waals surface area (Å²) in [6.45, 7) is 1.50. The minimum Gasteiger partial charge on any atom is -0.338 e. The average Bonchev–Trinajstić information content (AvgIpc) is 2.55. The molecule has 2 N–H and O–H groups in total. The molecule has 1 aliphatic carbocycles. The van der Waals surface area contributed by atoms with Gasteiger partial charge in [0, 0.05) is 25.6 Å². The zero-order valence-electron chi connectivity index (χ0n) is 12.8. The molecule has 3 rings (SSSR count). The summed E-state index contributed by atoms with van der Waals surface area (Å²) in [5, 5.41) is 0. The highest BCUT2D eigenvalue weighted by molar-refractivity contribution is 5.77. The Hall–Kier alpha value is -1.35. The molecular weight excluding hydrogens is 260 g/mol. The van der Waals surface area contributed by atoms with E-state index in [0.29, 0.717) is 24.8 Å². The van der Waals surface area contributed by atoms with E-state index in [0.717, 1.165) is 32.2 Å². The van der Waals surface area contributed by atoms with Crippen LogP contribution in [0, 0.1) is 0 Å². The molecule has 1 amide bonds. The molecule has 0 aromatic heterocycles. The SMILES string of the molecule is NCC1CCCCN1C(=O)CC1CCCc2ccccc21. The number of hydrogen-bond acceptors (Lipinski definition) is 2. The van der Waals surface area contributed by atoms with Crippen LogP contribution in [0.5, 0.6) is 0 Å². The van der Waals surface area contributed by atoms with E-state index < -0.39 is 0 Å². The summed E-state index contributed by atoms with van der Waals surface area (Å²) in [6, 6.07) is 8.91. The highest BCUT2D eigenvalue weighted by Crippen LogP contribution is 2.34. The van der Waals surface area contributed by atoms with E-state index in [1.807, 2.05) is 0 Å². The van der Waals surface area contributed by atoms with Gasteiger partial charge in [0.25, 0.3) is 0 Å². The van der Waals surface area contributed by atoms with Crippen LogP contribution in [-0.4, -0.2) is 29.9 Å². The molecule has 3 heteroatoms. The van der Waals surface area contributed by atoms with E-state index >= 15 is 0 Å². The molecule has 1 fully saturated rings. The average molecular weight is 286 g/mol. The van der Waals surface area contributed by atoms with Crippen LogP contribution in [0.1, 0.15) is 55.6 Å². The predicted octanol–water partition coefficient (Wildman–Crippen LogP) is 2.84. The fourth-order valence-corrected chi connectivity index (χ4v) is 3.97. The Morgan fingerprint density at radius 1 is 1.19 bits per heavy atom. The predicted molar refractivity (Wildman–Crippen MR) is 85.1 cm³/mol. The van der Waals surface area contributed by atoms with Crippen molar-refractivity contribution in [1.29, 1.82) is 0 Å². The number of nitrogens with zero attached hydrogens (tertiary/aromatic N) is 1. The molecule has 1 saturated heterocycles. The van der Waals surface area contributed by atoms with Crippen molar-refractivity contribution in [2.24, 2.45) is 5.73 Å². The molecule has 2 aliphatic rings. The highest BCUT2D eigenvalue weighted by atomic mass is 16.2. The standard InChI is InChI=1S/C18H26N2O/c19-13-16-9-3-4-11-20(16)18(21)12-15-8-5-7-14-6-1-2-10-17(14)15/h1-2,6,10,15-16H,3-5,7-9,11-13,19H2. The van der Waals surface area contributed by atoms with Gasteiger partial charge >= 0.3 is 0 Å². The number of carbonyl (C=O) groups excluding carboxylic acids is 1. The third-order valence-corrected chi connectivity index (χ3v) is 5.13. The van der Waals surface area contributed by atoms with Crippen LogP contribution < -0.4 is 5.73 Å². The number of hydrogen-bond donors (Lipinski definition) is 1. The largest absolute Gasteiger partial charge is 0.338 e. The van der Waals surface area contributed by atoms with Crippen molar-refractivity contribution in [3.63, 3.8) is 0 Å². The number of benzene rings is 1. The molecule has 0 bridgehead atoms. The van der Waals surface area contributed by atoms with Gasteiger partial charge in [-0.15, -0.1) is 0 Å². The Kier molecular flexibility index (Phi) is 4.59. The van der Waals surface area contributed by atoms with Crippen LogP contribution in [0.15, 0.2) is 24.3 Å². The molecule has 0 spiro atoms. The van der Waals surface area contributed by atoms with Crippen LogP contribution >= 0.6 is 0 Å². The number of aryl methyl sites for hydroxylation is 1. The maximum atomic E-state index is 12.7. The Morgan fingerprint density at radius 2 is 2.05 bits per heavy atom. The van der Waals surface area contributed by atoms with Crippen LogP contribution in [-0.2, 0) is 11.2 Å². The molecule has 2 atom stereocenters. The number of piperidine rings is 1. The van der Waals surface area contributed by atoms with Crippen LogP contribution in [0.25, 0.3) is 0 Å². The number of rotatable bonds is 3. The van der Waals surface area contributed by atoms with Crippen molar-refractivity contribution >= 4 is 5.91 Å². The van der Waals surface area contributed by atoms with Gasteiger partial charge in [0.2, 0.25) is 5.91 Å². The van der Waals surface area contributed by atoms with Gasteiger partial charge in [0.05, 0.1) is 0 Å². The fraction of sp³-hybridized carbons (Fsp3) is 0.611. The summed E-state index contributed by atoms with van der Waals surface area (Å²) in [7, 11) is 0. The first kappa shape index (κ1) is 14.6. The lowest BCUT2D eigenvalue weighted by atomic mass is 9.80. The Morgan fingerprint density at radius 3 is 2.90 bits per heavy atom. The maximum absolute atomic E-state index is 12.7. The molecular formula is C18H26N2O. The zero-order valence-corrected chi connectivity index (χ0v) is 12.8. The Bertz CT molecular complexity index is 500.